The molecule has 0 amide bonds. The monoisotopic (exact) mass is 290 g/mol. The fraction of sp³-hybridized carbons (Fsp3) is 0.200. The number of hydrogen-bond acceptors (Lipinski definition) is 2. The highest BCUT2D eigenvalue weighted by molar-refractivity contribution is 5.89. The first-order valence-corrected chi connectivity index (χ1v) is 7.69. The van der Waals surface area contributed by atoms with E-state index in [0.717, 1.165) is 18.8 Å². The molecule has 2 nitrogen and oxygen atoms in total. The molecular weight excluding hydrogens is 272 g/mol. The molecular formula is C20H18O2. The minimum atomic E-state index is 0.361. The van der Waals surface area contributed by atoms with Crippen LogP contribution in [0.2, 0.25) is 0 Å². The van der Waals surface area contributed by atoms with Crippen LogP contribution < -0.4 is 4.74 Å². The second kappa shape index (κ2) is 5.82. The second-order valence-corrected chi connectivity index (χ2v) is 5.71. The lowest BCUT2D eigenvalue weighted by atomic mass is 10.0. The van der Waals surface area contributed by atoms with Gasteiger partial charge in [-0.2, -0.15) is 0 Å². The predicted octanol–water partition coefficient (Wildman–Crippen LogP) is 4.36. The quantitative estimate of drug-likeness (QED) is 0.651. The molecule has 0 spiro atoms. The molecule has 2 heteroatoms. The summed E-state index contributed by atoms with van der Waals surface area (Å²) in [5, 5.41) is 2.39. The van der Waals surface area contributed by atoms with Crippen molar-refractivity contribution in [1.29, 1.82) is 0 Å². The van der Waals surface area contributed by atoms with Gasteiger partial charge in [0.2, 0.25) is 0 Å². The number of hydrogen-bond donors (Lipinski definition) is 0. The summed E-state index contributed by atoms with van der Waals surface area (Å²) in [6.07, 6.45) is 1.29. The Morgan fingerprint density at radius 3 is 2.50 bits per heavy atom. The van der Waals surface area contributed by atoms with Crippen LogP contribution in [0.1, 0.15) is 11.1 Å². The molecule has 22 heavy (non-hydrogen) atoms. The minimum absolute atomic E-state index is 0.361. The first-order valence-electron chi connectivity index (χ1n) is 7.69. The van der Waals surface area contributed by atoms with Crippen molar-refractivity contribution in [3.05, 3.63) is 77.9 Å². The van der Waals surface area contributed by atoms with Crippen LogP contribution in [0.3, 0.4) is 0 Å². The van der Waals surface area contributed by atoms with Crippen LogP contribution in [0.25, 0.3) is 10.8 Å². The van der Waals surface area contributed by atoms with E-state index in [1.165, 1.54) is 21.9 Å². The summed E-state index contributed by atoms with van der Waals surface area (Å²) < 4.78 is 11.6. The number of fused-ring (bicyclic) bond motifs is 1. The molecule has 3 aromatic rings. The van der Waals surface area contributed by atoms with Crippen molar-refractivity contribution < 1.29 is 9.47 Å². The van der Waals surface area contributed by atoms with Crippen LogP contribution in [-0.2, 0) is 17.8 Å². The molecule has 1 aliphatic rings. The maximum absolute atomic E-state index is 6.21. The van der Waals surface area contributed by atoms with E-state index in [1.807, 2.05) is 18.2 Å². The third-order valence-electron chi connectivity index (χ3n) is 4.04. The molecule has 110 valence electrons. The molecule has 0 saturated carbocycles. The van der Waals surface area contributed by atoms with Gasteiger partial charge in [0.05, 0.1) is 12.7 Å². The molecule has 0 N–H and O–H groups in total. The molecule has 4 rings (SSSR count). The smallest absolute Gasteiger partial charge is 0.130 e. The van der Waals surface area contributed by atoms with Gasteiger partial charge in [-0.3, -0.25) is 0 Å². The highest BCUT2D eigenvalue weighted by Crippen LogP contribution is 2.33. The lowest BCUT2D eigenvalue weighted by Gasteiger charge is -2.14. The summed E-state index contributed by atoms with van der Waals surface area (Å²) >= 11 is 0. The Morgan fingerprint density at radius 2 is 1.68 bits per heavy atom. The van der Waals surface area contributed by atoms with Gasteiger partial charge in [-0.05, 0) is 16.5 Å². The normalized spacial score (nSPS) is 16.6. The van der Waals surface area contributed by atoms with Crippen molar-refractivity contribution in [2.24, 2.45) is 0 Å². The largest absolute Gasteiger partial charge is 0.488 e. The Kier molecular flexibility index (Phi) is 3.53. The number of rotatable bonds is 5. The third kappa shape index (κ3) is 2.83. The first kappa shape index (κ1) is 13.4. The lowest BCUT2D eigenvalue weighted by Crippen LogP contribution is -2.02. The first-order chi connectivity index (χ1) is 10.9. The maximum atomic E-state index is 6.21. The van der Waals surface area contributed by atoms with E-state index in [0.29, 0.717) is 12.7 Å². The van der Waals surface area contributed by atoms with Crippen LogP contribution in [0.4, 0.5) is 0 Å². The fourth-order valence-corrected chi connectivity index (χ4v) is 2.78. The third-order valence-corrected chi connectivity index (χ3v) is 4.04. The molecule has 0 bridgehead atoms. The molecule has 1 unspecified atom stereocenters. The molecule has 0 radical (unpaired) electrons. The van der Waals surface area contributed by atoms with Crippen molar-refractivity contribution in [2.45, 2.75) is 19.1 Å². The van der Waals surface area contributed by atoms with E-state index in [1.54, 1.807) is 0 Å². The molecule has 1 aliphatic heterocycles. The summed E-state index contributed by atoms with van der Waals surface area (Å²) in [7, 11) is 0. The molecule has 1 heterocycles. The summed E-state index contributed by atoms with van der Waals surface area (Å²) in [6, 6.07) is 23.0. The molecule has 3 aromatic carbocycles. The second-order valence-electron chi connectivity index (χ2n) is 5.71. The van der Waals surface area contributed by atoms with Gasteiger partial charge < -0.3 is 9.47 Å². The SMILES string of the molecule is c1ccc(COc2c(CC3CO3)ccc3ccccc23)cc1. The van der Waals surface area contributed by atoms with Crippen molar-refractivity contribution in [2.75, 3.05) is 6.61 Å². The van der Waals surface area contributed by atoms with Crippen molar-refractivity contribution in [1.82, 2.24) is 0 Å². The summed E-state index contributed by atoms with van der Waals surface area (Å²) in [5.74, 6) is 0.998. The van der Waals surface area contributed by atoms with Gasteiger partial charge in [-0.25, -0.2) is 0 Å². The van der Waals surface area contributed by atoms with Gasteiger partial charge in [0.1, 0.15) is 12.4 Å². The Labute approximate surface area is 130 Å². The van der Waals surface area contributed by atoms with Crippen molar-refractivity contribution in [3.8, 4) is 5.75 Å². The van der Waals surface area contributed by atoms with Crippen LogP contribution in [0.5, 0.6) is 5.75 Å². The molecule has 0 aliphatic carbocycles. The van der Waals surface area contributed by atoms with Gasteiger partial charge in [-0.15, -0.1) is 0 Å². The van der Waals surface area contributed by atoms with E-state index in [2.05, 4.69) is 48.5 Å². The zero-order chi connectivity index (χ0) is 14.8. The highest BCUT2D eigenvalue weighted by Gasteiger charge is 2.24. The van der Waals surface area contributed by atoms with Crippen LogP contribution >= 0.6 is 0 Å². The molecule has 1 atom stereocenters. The van der Waals surface area contributed by atoms with E-state index in [9.17, 15) is 0 Å². The Hall–Kier alpha value is -2.32. The molecule has 0 aromatic heterocycles. The summed E-state index contributed by atoms with van der Waals surface area (Å²) in [6.45, 7) is 1.46. The van der Waals surface area contributed by atoms with Crippen molar-refractivity contribution in [3.63, 3.8) is 0 Å². The van der Waals surface area contributed by atoms with Crippen molar-refractivity contribution >= 4 is 10.8 Å². The Balaban J connectivity index is 1.68. The Bertz CT molecular complexity index is 776. The van der Waals surface area contributed by atoms with E-state index in [-0.39, 0.29) is 0 Å². The van der Waals surface area contributed by atoms with Gasteiger partial charge in [0.15, 0.2) is 0 Å². The van der Waals surface area contributed by atoms with E-state index in [4.69, 9.17) is 9.47 Å². The van der Waals surface area contributed by atoms with Crippen LogP contribution in [-0.4, -0.2) is 12.7 Å². The maximum Gasteiger partial charge on any atom is 0.130 e. The predicted molar refractivity (Wildman–Crippen MR) is 88.2 cm³/mol. The van der Waals surface area contributed by atoms with Gasteiger partial charge >= 0.3 is 0 Å². The standard InChI is InChI=1S/C20H18O2/c1-2-6-15(7-3-1)13-22-20-17(12-18-14-21-18)11-10-16-8-4-5-9-19(16)20/h1-11,18H,12-14H2. The topological polar surface area (TPSA) is 21.8 Å². The minimum Gasteiger partial charge on any atom is -0.488 e. The highest BCUT2D eigenvalue weighted by atomic mass is 16.6. The summed E-state index contributed by atoms with van der Waals surface area (Å²) in [5.41, 5.74) is 2.42. The van der Waals surface area contributed by atoms with Gasteiger partial charge in [0.25, 0.3) is 0 Å². The van der Waals surface area contributed by atoms with Crippen LogP contribution in [0.15, 0.2) is 66.7 Å². The number of ether oxygens (including phenoxy) is 2. The van der Waals surface area contributed by atoms with Gasteiger partial charge in [-0.1, -0.05) is 66.7 Å². The van der Waals surface area contributed by atoms with E-state index < -0.39 is 0 Å². The molecule has 1 saturated heterocycles. The van der Waals surface area contributed by atoms with Crippen LogP contribution in [0, 0.1) is 0 Å². The number of epoxide rings is 1. The number of benzene rings is 3. The zero-order valence-electron chi connectivity index (χ0n) is 12.4. The average molecular weight is 290 g/mol. The van der Waals surface area contributed by atoms with Gasteiger partial charge in [0, 0.05) is 11.8 Å². The lowest BCUT2D eigenvalue weighted by molar-refractivity contribution is 0.305. The zero-order valence-corrected chi connectivity index (χ0v) is 12.4. The molecule has 1 fully saturated rings. The Morgan fingerprint density at radius 1 is 0.909 bits per heavy atom. The van der Waals surface area contributed by atoms with E-state index >= 15 is 0 Å². The summed E-state index contributed by atoms with van der Waals surface area (Å²) in [4.78, 5) is 0. The fourth-order valence-electron chi connectivity index (χ4n) is 2.78. The average Bonchev–Trinajstić information content (AvgIpc) is 3.39.